The second-order valence-electron chi connectivity index (χ2n) is 5.90. The Morgan fingerprint density at radius 3 is 2.89 bits per heavy atom. The van der Waals surface area contributed by atoms with E-state index in [1.54, 1.807) is 0 Å². The van der Waals surface area contributed by atoms with Gasteiger partial charge in [-0.15, -0.1) is 0 Å². The number of rotatable bonds is 3. The number of nitrogens with zero attached hydrogens (tertiary/aromatic N) is 2. The maximum atomic E-state index is 5.00. The van der Waals surface area contributed by atoms with Gasteiger partial charge in [0.1, 0.15) is 5.82 Å². The molecule has 1 N–H and O–H groups in total. The molecular formula is C15H25N3. The van der Waals surface area contributed by atoms with Crippen molar-refractivity contribution in [1.29, 1.82) is 0 Å². The van der Waals surface area contributed by atoms with Crippen molar-refractivity contribution in [1.82, 2.24) is 14.9 Å². The monoisotopic (exact) mass is 247 g/mol. The van der Waals surface area contributed by atoms with Gasteiger partial charge in [-0.05, 0) is 26.2 Å². The molecule has 1 aliphatic carbocycles. The predicted molar refractivity (Wildman–Crippen MR) is 73.8 cm³/mol. The van der Waals surface area contributed by atoms with E-state index in [2.05, 4.69) is 23.7 Å². The van der Waals surface area contributed by atoms with Crippen LogP contribution < -0.4 is 5.32 Å². The standard InChI is InChI=1S/C15H25N3/c1-3-11(2)18-14-8-9-16-10-13(14)17-15(18)12-6-4-5-7-12/h11-12,16H,3-10H2,1-2H3. The highest BCUT2D eigenvalue weighted by molar-refractivity contribution is 5.23. The summed E-state index contributed by atoms with van der Waals surface area (Å²) in [6, 6.07) is 0.606. The normalized spacial score (nSPS) is 22.1. The van der Waals surface area contributed by atoms with E-state index in [0.29, 0.717) is 6.04 Å². The Kier molecular flexibility index (Phi) is 3.42. The average Bonchev–Trinajstić information content (AvgIpc) is 3.04. The zero-order valence-corrected chi connectivity index (χ0v) is 11.7. The van der Waals surface area contributed by atoms with Gasteiger partial charge in [-0.2, -0.15) is 0 Å². The zero-order valence-electron chi connectivity index (χ0n) is 11.7. The number of nitrogens with one attached hydrogen (secondary N) is 1. The molecule has 1 fully saturated rings. The molecule has 0 aromatic carbocycles. The van der Waals surface area contributed by atoms with Crippen molar-refractivity contribution in [2.24, 2.45) is 0 Å². The molecule has 0 spiro atoms. The second-order valence-corrected chi connectivity index (χ2v) is 5.90. The van der Waals surface area contributed by atoms with E-state index in [1.165, 1.54) is 49.3 Å². The Morgan fingerprint density at radius 1 is 1.39 bits per heavy atom. The lowest BCUT2D eigenvalue weighted by Crippen LogP contribution is -2.25. The summed E-state index contributed by atoms with van der Waals surface area (Å²) in [6.45, 7) is 6.72. The fourth-order valence-corrected chi connectivity index (χ4v) is 3.50. The van der Waals surface area contributed by atoms with Crippen LogP contribution in [0, 0.1) is 0 Å². The van der Waals surface area contributed by atoms with Gasteiger partial charge >= 0.3 is 0 Å². The first-order chi connectivity index (χ1) is 8.81. The van der Waals surface area contributed by atoms with Crippen LogP contribution in [-0.4, -0.2) is 16.1 Å². The molecule has 0 amide bonds. The number of hydrogen-bond acceptors (Lipinski definition) is 2. The number of aromatic nitrogens is 2. The number of hydrogen-bond donors (Lipinski definition) is 1. The molecule has 18 heavy (non-hydrogen) atoms. The maximum Gasteiger partial charge on any atom is 0.112 e. The van der Waals surface area contributed by atoms with Crippen LogP contribution in [0.25, 0.3) is 0 Å². The van der Waals surface area contributed by atoms with Gasteiger partial charge in [0.2, 0.25) is 0 Å². The van der Waals surface area contributed by atoms with Crippen molar-refractivity contribution in [2.75, 3.05) is 6.54 Å². The van der Waals surface area contributed by atoms with E-state index in [4.69, 9.17) is 4.98 Å². The molecule has 3 heteroatoms. The lowest BCUT2D eigenvalue weighted by atomic mass is 10.1. The highest BCUT2D eigenvalue weighted by atomic mass is 15.1. The molecule has 100 valence electrons. The molecule has 3 rings (SSSR count). The van der Waals surface area contributed by atoms with Crippen molar-refractivity contribution in [2.45, 2.75) is 70.9 Å². The second kappa shape index (κ2) is 5.04. The summed E-state index contributed by atoms with van der Waals surface area (Å²) in [5.41, 5.74) is 2.84. The van der Waals surface area contributed by atoms with Gasteiger partial charge in [-0.1, -0.05) is 19.8 Å². The van der Waals surface area contributed by atoms with E-state index in [-0.39, 0.29) is 0 Å². The third-order valence-corrected chi connectivity index (χ3v) is 4.70. The summed E-state index contributed by atoms with van der Waals surface area (Å²) >= 11 is 0. The molecule has 2 heterocycles. The van der Waals surface area contributed by atoms with Crippen molar-refractivity contribution in [3.63, 3.8) is 0 Å². The summed E-state index contributed by atoms with van der Waals surface area (Å²) < 4.78 is 2.59. The minimum atomic E-state index is 0.606. The van der Waals surface area contributed by atoms with Crippen LogP contribution in [0.2, 0.25) is 0 Å². The van der Waals surface area contributed by atoms with Crippen molar-refractivity contribution in [3.8, 4) is 0 Å². The fraction of sp³-hybridized carbons (Fsp3) is 0.800. The molecular weight excluding hydrogens is 222 g/mol. The van der Waals surface area contributed by atoms with Gasteiger partial charge in [0.25, 0.3) is 0 Å². The quantitative estimate of drug-likeness (QED) is 0.889. The van der Waals surface area contributed by atoms with E-state index in [1.807, 2.05) is 0 Å². The first-order valence-electron chi connectivity index (χ1n) is 7.61. The first kappa shape index (κ1) is 12.2. The molecule has 3 nitrogen and oxygen atoms in total. The Hall–Kier alpha value is -0.830. The number of imidazole rings is 1. The molecule has 1 aromatic heterocycles. The summed E-state index contributed by atoms with van der Waals surface area (Å²) in [6.07, 6.45) is 7.83. The van der Waals surface area contributed by atoms with Gasteiger partial charge in [0.05, 0.1) is 5.69 Å². The van der Waals surface area contributed by atoms with Crippen LogP contribution in [0.5, 0.6) is 0 Å². The molecule has 1 unspecified atom stereocenters. The molecule has 1 aromatic rings. The van der Waals surface area contributed by atoms with Gasteiger partial charge in [-0.25, -0.2) is 4.98 Å². The van der Waals surface area contributed by atoms with E-state index in [9.17, 15) is 0 Å². The van der Waals surface area contributed by atoms with Crippen molar-refractivity contribution >= 4 is 0 Å². The SMILES string of the molecule is CCC(C)n1c(C2CCCC2)nc2c1CCNC2. The van der Waals surface area contributed by atoms with Crippen LogP contribution in [0.15, 0.2) is 0 Å². The fourth-order valence-electron chi connectivity index (χ4n) is 3.50. The minimum Gasteiger partial charge on any atom is -0.329 e. The summed E-state index contributed by atoms with van der Waals surface area (Å²) in [5, 5.41) is 3.45. The first-order valence-corrected chi connectivity index (χ1v) is 7.61. The largest absolute Gasteiger partial charge is 0.329 e. The van der Waals surface area contributed by atoms with E-state index >= 15 is 0 Å². The third kappa shape index (κ3) is 1.99. The Bertz CT molecular complexity index is 416. The average molecular weight is 247 g/mol. The van der Waals surface area contributed by atoms with Gasteiger partial charge in [-0.3, -0.25) is 0 Å². The van der Waals surface area contributed by atoms with E-state index < -0.39 is 0 Å². The smallest absolute Gasteiger partial charge is 0.112 e. The topological polar surface area (TPSA) is 29.9 Å². The molecule has 1 atom stereocenters. The molecule has 1 aliphatic heterocycles. The van der Waals surface area contributed by atoms with Gasteiger partial charge < -0.3 is 9.88 Å². The molecule has 0 bridgehead atoms. The minimum absolute atomic E-state index is 0.606. The lowest BCUT2D eigenvalue weighted by Gasteiger charge is -2.22. The van der Waals surface area contributed by atoms with Crippen molar-refractivity contribution in [3.05, 3.63) is 17.2 Å². The third-order valence-electron chi connectivity index (χ3n) is 4.70. The summed E-state index contributed by atoms with van der Waals surface area (Å²) in [7, 11) is 0. The zero-order chi connectivity index (χ0) is 12.5. The van der Waals surface area contributed by atoms with Crippen molar-refractivity contribution < 1.29 is 0 Å². The highest BCUT2D eigenvalue weighted by Gasteiger charge is 2.28. The molecule has 2 aliphatic rings. The van der Waals surface area contributed by atoms with E-state index in [0.717, 1.165) is 25.4 Å². The Labute approximate surface area is 110 Å². The highest BCUT2D eigenvalue weighted by Crippen LogP contribution is 2.36. The van der Waals surface area contributed by atoms with Crippen LogP contribution >= 0.6 is 0 Å². The summed E-state index contributed by atoms with van der Waals surface area (Å²) in [5.74, 6) is 2.13. The molecule has 1 saturated carbocycles. The van der Waals surface area contributed by atoms with Crippen LogP contribution in [0.3, 0.4) is 0 Å². The number of fused-ring (bicyclic) bond motifs is 1. The molecule has 0 saturated heterocycles. The maximum absolute atomic E-state index is 5.00. The molecule has 0 radical (unpaired) electrons. The van der Waals surface area contributed by atoms with Crippen LogP contribution in [0.1, 0.15) is 75.1 Å². The Balaban J connectivity index is 2.02. The van der Waals surface area contributed by atoms with Crippen LogP contribution in [-0.2, 0) is 13.0 Å². The van der Waals surface area contributed by atoms with Gasteiger partial charge in [0, 0.05) is 37.2 Å². The Morgan fingerprint density at radius 2 is 2.17 bits per heavy atom. The summed E-state index contributed by atoms with van der Waals surface area (Å²) in [4.78, 5) is 5.00. The predicted octanol–water partition coefficient (Wildman–Crippen LogP) is 3.16. The van der Waals surface area contributed by atoms with Gasteiger partial charge in [0.15, 0.2) is 0 Å². The van der Waals surface area contributed by atoms with Crippen LogP contribution in [0.4, 0.5) is 0 Å². The lowest BCUT2D eigenvalue weighted by molar-refractivity contribution is 0.463.